The Labute approximate surface area is 187 Å². The third-order valence-corrected chi connectivity index (χ3v) is 5.53. The van der Waals surface area contributed by atoms with E-state index in [-0.39, 0.29) is 27.8 Å². The third kappa shape index (κ3) is 7.78. The van der Waals surface area contributed by atoms with E-state index < -0.39 is 34.8 Å². The molecule has 0 fully saturated rings. The Morgan fingerprint density at radius 1 is 1.09 bits per heavy atom. The second kappa shape index (κ2) is 10.3. The van der Waals surface area contributed by atoms with Crippen molar-refractivity contribution in [1.82, 2.24) is 4.72 Å². The number of ether oxygens (including phenoxy) is 1. The van der Waals surface area contributed by atoms with Crippen LogP contribution in [-0.4, -0.2) is 39.1 Å². The first-order valence-electron chi connectivity index (χ1n) is 9.25. The number of carbonyl (C=O) groups is 2. The first-order chi connectivity index (χ1) is 15.3. The molecule has 9 nitrogen and oxygen atoms in total. The number of hydrogen-bond donors (Lipinski definition) is 3. The average Bonchev–Trinajstić information content (AvgIpc) is 2.71. The van der Waals surface area contributed by atoms with E-state index >= 15 is 0 Å². The molecule has 0 heterocycles. The van der Waals surface area contributed by atoms with Gasteiger partial charge >= 0.3 is 6.18 Å². The van der Waals surface area contributed by atoms with Crippen molar-refractivity contribution in [3.63, 3.8) is 0 Å². The molecule has 2 rings (SSSR count). The molecule has 0 saturated carbocycles. The number of nitrogens with zero attached hydrogens (tertiary/aromatic N) is 1. The summed E-state index contributed by atoms with van der Waals surface area (Å²) >= 11 is 0. The van der Waals surface area contributed by atoms with Crippen molar-refractivity contribution < 1.29 is 35.9 Å². The normalized spacial score (nSPS) is 12.4. The quantitative estimate of drug-likeness (QED) is 0.527. The monoisotopic (exact) mass is 484 g/mol. The number of alkyl halides is 3. The number of hydrogen-bond acceptors (Lipinski definition) is 6. The molecule has 0 aliphatic heterocycles. The van der Waals surface area contributed by atoms with E-state index in [9.17, 15) is 31.2 Å². The fraction of sp³-hybridized carbons (Fsp3) is 0.250. The topological polar surface area (TPSA) is 137 Å². The number of anilines is 2. The zero-order chi connectivity index (χ0) is 24.8. The van der Waals surface area contributed by atoms with Crippen LogP contribution in [-0.2, 0) is 19.6 Å². The van der Waals surface area contributed by atoms with Crippen LogP contribution in [0.4, 0.5) is 24.5 Å². The first-order valence-corrected chi connectivity index (χ1v) is 10.7. The van der Waals surface area contributed by atoms with Crippen molar-refractivity contribution in [1.29, 1.82) is 5.26 Å². The summed E-state index contributed by atoms with van der Waals surface area (Å²) in [6.45, 7) is 0.998. The number of carbonyl (C=O) groups excluding carboxylic acids is 2. The minimum absolute atomic E-state index is 0.0571. The maximum atomic E-state index is 12.5. The third-order valence-electron chi connectivity index (χ3n) is 3.97. The highest BCUT2D eigenvalue weighted by molar-refractivity contribution is 7.89. The molecule has 33 heavy (non-hydrogen) atoms. The van der Waals surface area contributed by atoms with Crippen molar-refractivity contribution in [2.24, 2.45) is 0 Å². The SMILES string of the molecule is CC(=O)Nc1ccc(S(=O)(=O)N[C@@H](C)C(=O)Nc2ccc(OCC(F)(F)F)c(C#N)c2)cc1. The van der Waals surface area contributed by atoms with Crippen molar-refractivity contribution >= 4 is 33.2 Å². The highest BCUT2D eigenvalue weighted by Gasteiger charge is 2.29. The summed E-state index contributed by atoms with van der Waals surface area (Å²) in [5, 5.41) is 14.0. The predicted molar refractivity (Wildman–Crippen MR) is 112 cm³/mol. The minimum Gasteiger partial charge on any atom is -0.483 e. The standard InChI is InChI=1S/C20H19F3N4O5S/c1-12(27-33(30,31)17-6-3-15(4-7-17)25-13(2)28)19(29)26-16-5-8-18(14(9-16)10-24)32-11-20(21,22)23/h3-9,12,27H,11H2,1-2H3,(H,25,28)(H,26,29)/t12-/m0/s1. The lowest BCUT2D eigenvalue weighted by Gasteiger charge is -2.16. The number of nitrogens with one attached hydrogen (secondary N) is 3. The fourth-order valence-electron chi connectivity index (χ4n) is 2.51. The summed E-state index contributed by atoms with van der Waals surface area (Å²) < 4.78 is 68.7. The summed E-state index contributed by atoms with van der Waals surface area (Å²) in [7, 11) is -4.09. The molecular formula is C20H19F3N4O5S. The van der Waals surface area contributed by atoms with Crippen LogP contribution >= 0.6 is 0 Å². The molecule has 0 aliphatic carbocycles. The summed E-state index contributed by atoms with van der Waals surface area (Å²) in [4.78, 5) is 23.3. The van der Waals surface area contributed by atoms with Gasteiger partial charge in [0.05, 0.1) is 16.5 Å². The molecule has 176 valence electrons. The Balaban J connectivity index is 2.06. The molecule has 0 unspecified atom stereocenters. The summed E-state index contributed by atoms with van der Waals surface area (Å²) in [6, 6.07) is 9.09. The van der Waals surface area contributed by atoms with Crippen LogP contribution < -0.4 is 20.1 Å². The van der Waals surface area contributed by atoms with Gasteiger partial charge in [-0.25, -0.2) is 8.42 Å². The van der Waals surface area contributed by atoms with Crippen LogP contribution in [0.2, 0.25) is 0 Å². The molecule has 2 aromatic rings. The van der Waals surface area contributed by atoms with Crippen LogP contribution in [0.25, 0.3) is 0 Å². The van der Waals surface area contributed by atoms with E-state index in [4.69, 9.17) is 5.26 Å². The van der Waals surface area contributed by atoms with Gasteiger partial charge in [0.15, 0.2) is 6.61 Å². The van der Waals surface area contributed by atoms with Gasteiger partial charge in [0, 0.05) is 18.3 Å². The lowest BCUT2D eigenvalue weighted by molar-refractivity contribution is -0.153. The molecule has 0 spiro atoms. The smallest absolute Gasteiger partial charge is 0.422 e. The van der Waals surface area contributed by atoms with Crippen molar-refractivity contribution in [2.75, 3.05) is 17.2 Å². The van der Waals surface area contributed by atoms with Gasteiger partial charge in [0.1, 0.15) is 11.8 Å². The van der Waals surface area contributed by atoms with E-state index in [1.54, 1.807) is 6.07 Å². The molecule has 0 saturated heterocycles. The predicted octanol–water partition coefficient (Wildman–Crippen LogP) is 2.76. The summed E-state index contributed by atoms with van der Waals surface area (Å²) in [5.74, 6) is -1.42. The Bertz CT molecular complexity index is 1180. The van der Waals surface area contributed by atoms with Crippen molar-refractivity contribution in [3.8, 4) is 11.8 Å². The van der Waals surface area contributed by atoms with Crippen LogP contribution in [0.15, 0.2) is 47.4 Å². The number of rotatable bonds is 8. The summed E-state index contributed by atoms with van der Waals surface area (Å²) in [5.41, 5.74) is 0.203. The van der Waals surface area contributed by atoms with Gasteiger partial charge < -0.3 is 15.4 Å². The molecule has 0 radical (unpaired) electrons. The number of nitriles is 1. The molecule has 0 bridgehead atoms. The van der Waals surface area contributed by atoms with Crippen LogP contribution in [0, 0.1) is 11.3 Å². The highest BCUT2D eigenvalue weighted by atomic mass is 32.2. The second-order valence-electron chi connectivity index (χ2n) is 6.76. The maximum absolute atomic E-state index is 12.5. The molecule has 0 aliphatic rings. The Hall–Kier alpha value is -3.63. The van der Waals surface area contributed by atoms with Gasteiger partial charge in [-0.1, -0.05) is 0 Å². The molecular weight excluding hydrogens is 465 g/mol. The summed E-state index contributed by atoms with van der Waals surface area (Å²) in [6.07, 6.45) is -4.59. The minimum atomic E-state index is -4.59. The van der Waals surface area contributed by atoms with Crippen molar-refractivity contribution in [3.05, 3.63) is 48.0 Å². The van der Waals surface area contributed by atoms with Gasteiger partial charge in [-0.05, 0) is 49.4 Å². The average molecular weight is 484 g/mol. The Morgan fingerprint density at radius 2 is 1.70 bits per heavy atom. The second-order valence-corrected chi connectivity index (χ2v) is 8.48. The Kier molecular flexibility index (Phi) is 8.02. The number of amides is 2. The molecule has 13 heteroatoms. The molecule has 1 atom stereocenters. The van der Waals surface area contributed by atoms with Crippen LogP contribution in [0.3, 0.4) is 0 Å². The van der Waals surface area contributed by atoms with E-state index in [1.807, 2.05) is 0 Å². The molecule has 0 aromatic heterocycles. The van der Waals surface area contributed by atoms with Crippen LogP contribution in [0.1, 0.15) is 19.4 Å². The largest absolute Gasteiger partial charge is 0.483 e. The Morgan fingerprint density at radius 3 is 2.24 bits per heavy atom. The molecule has 2 aromatic carbocycles. The van der Waals surface area contributed by atoms with E-state index in [0.717, 1.165) is 12.1 Å². The zero-order valence-corrected chi connectivity index (χ0v) is 18.2. The lowest BCUT2D eigenvalue weighted by Crippen LogP contribution is -2.41. The van der Waals surface area contributed by atoms with E-state index in [0.29, 0.717) is 5.69 Å². The fourth-order valence-corrected chi connectivity index (χ4v) is 3.71. The number of sulfonamides is 1. The lowest BCUT2D eigenvalue weighted by atomic mass is 10.2. The van der Waals surface area contributed by atoms with Gasteiger partial charge in [0.2, 0.25) is 21.8 Å². The van der Waals surface area contributed by atoms with Gasteiger partial charge in [-0.2, -0.15) is 23.2 Å². The molecule has 2 amide bonds. The zero-order valence-electron chi connectivity index (χ0n) is 17.4. The van der Waals surface area contributed by atoms with Crippen LogP contribution in [0.5, 0.6) is 5.75 Å². The van der Waals surface area contributed by atoms with Gasteiger partial charge in [0.25, 0.3) is 0 Å². The van der Waals surface area contributed by atoms with E-state index in [1.165, 1.54) is 44.2 Å². The van der Waals surface area contributed by atoms with Gasteiger partial charge in [-0.3, -0.25) is 9.59 Å². The van der Waals surface area contributed by atoms with E-state index in [2.05, 4.69) is 20.1 Å². The number of halogens is 3. The first kappa shape index (κ1) is 25.6. The van der Waals surface area contributed by atoms with Crippen molar-refractivity contribution in [2.45, 2.75) is 31.0 Å². The highest BCUT2D eigenvalue weighted by Crippen LogP contribution is 2.25. The van der Waals surface area contributed by atoms with Gasteiger partial charge in [-0.15, -0.1) is 0 Å². The molecule has 3 N–H and O–H groups in total. The number of benzene rings is 2. The maximum Gasteiger partial charge on any atom is 0.422 e.